The van der Waals surface area contributed by atoms with E-state index in [9.17, 15) is 0 Å². The Bertz CT molecular complexity index is 915. The molecular formula is C21H24N4O. The number of nitrogens with one attached hydrogen (secondary N) is 2. The highest BCUT2D eigenvalue weighted by Gasteiger charge is 2.21. The van der Waals surface area contributed by atoms with Crippen molar-refractivity contribution in [3.63, 3.8) is 0 Å². The van der Waals surface area contributed by atoms with Crippen molar-refractivity contribution in [3.8, 4) is 5.75 Å². The Balaban J connectivity index is 1.32. The SMILES string of the molecule is NC(=NCCCc1c[nH]c2ccccc12)NC1CCOc2ccccc21. The standard InChI is InChI=1S/C21H24N4O/c22-21(25-19-11-13-26-20-10-4-2-8-17(19)20)23-12-5-6-15-14-24-18-9-3-1-7-16(15)18/h1-4,7-10,14,19,24H,5-6,11-13H2,(H3,22,23,25). The molecule has 3 aromatic rings. The summed E-state index contributed by atoms with van der Waals surface area (Å²) in [6.07, 6.45) is 4.94. The van der Waals surface area contributed by atoms with Gasteiger partial charge < -0.3 is 20.8 Å². The number of aromatic nitrogens is 1. The number of para-hydroxylation sites is 2. The highest BCUT2D eigenvalue weighted by atomic mass is 16.5. The van der Waals surface area contributed by atoms with E-state index in [0.717, 1.165) is 30.6 Å². The van der Waals surface area contributed by atoms with Crippen LogP contribution in [0.1, 0.15) is 30.0 Å². The summed E-state index contributed by atoms with van der Waals surface area (Å²) in [5.41, 5.74) is 9.77. The summed E-state index contributed by atoms with van der Waals surface area (Å²) in [6.45, 7) is 1.41. The first kappa shape index (κ1) is 16.5. The van der Waals surface area contributed by atoms with Gasteiger partial charge in [0.25, 0.3) is 0 Å². The van der Waals surface area contributed by atoms with Gasteiger partial charge in [-0.3, -0.25) is 4.99 Å². The first-order valence-electron chi connectivity index (χ1n) is 9.14. The number of benzene rings is 2. The fourth-order valence-corrected chi connectivity index (χ4v) is 3.52. The largest absolute Gasteiger partial charge is 0.493 e. The number of ether oxygens (including phenoxy) is 1. The van der Waals surface area contributed by atoms with Crippen LogP contribution in [0.25, 0.3) is 10.9 Å². The molecule has 0 fully saturated rings. The van der Waals surface area contributed by atoms with Gasteiger partial charge >= 0.3 is 0 Å². The maximum absolute atomic E-state index is 6.10. The Morgan fingerprint density at radius 1 is 1.19 bits per heavy atom. The molecule has 1 unspecified atom stereocenters. The third-order valence-electron chi connectivity index (χ3n) is 4.84. The van der Waals surface area contributed by atoms with Gasteiger partial charge in [-0.05, 0) is 30.5 Å². The van der Waals surface area contributed by atoms with Gasteiger partial charge in [0.1, 0.15) is 5.75 Å². The van der Waals surface area contributed by atoms with Gasteiger partial charge in [-0.1, -0.05) is 36.4 Å². The van der Waals surface area contributed by atoms with E-state index in [1.807, 2.05) is 24.3 Å². The molecule has 0 saturated carbocycles. The van der Waals surface area contributed by atoms with Gasteiger partial charge in [0.2, 0.25) is 0 Å². The minimum absolute atomic E-state index is 0.164. The highest BCUT2D eigenvalue weighted by Crippen LogP contribution is 2.31. The third-order valence-corrected chi connectivity index (χ3v) is 4.84. The van der Waals surface area contributed by atoms with Crippen LogP contribution in [-0.2, 0) is 6.42 Å². The van der Waals surface area contributed by atoms with Crippen molar-refractivity contribution in [2.45, 2.75) is 25.3 Å². The Hall–Kier alpha value is -2.95. The number of rotatable bonds is 5. The molecule has 5 heteroatoms. The van der Waals surface area contributed by atoms with E-state index in [1.54, 1.807) is 0 Å². The predicted octanol–water partition coefficient (Wildman–Crippen LogP) is 3.53. The zero-order valence-electron chi connectivity index (χ0n) is 14.7. The van der Waals surface area contributed by atoms with Crippen LogP contribution in [0.4, 0.5) is 0 Å². The maximum atomic E-state index is 6.10. The van der Waals surface area contributed by atoms with Gasteiger partial charge in [-0.15, -0.1) is 0 Å². The van der Waals surface area contributed by atoms with Crippen LogP contribution in [0.15, 0.2) is 59.7 Å². The first-order chi connectivity index (χ1) is 12.8. The number of nitrogens with two attached hydrogens (primary N) is 1. The first-order valence-corrected chi connectivity index (χ1v) is 9.14. The van der Waals surface area contributed by atoms with Crippen LogP contribution in [-0.4, -0.2) is 24.1 Å². The lowest BCUT2D eigenvalue weighted by atomic mass is 10.0. The maximum Gasteiger partial charge on any atom is 0.189 e. The summed E-state index contributed by atoms with van der Waals surface area (Å²) in [6, 6.07) is 16.6. The molecule has 1 aromatic heterocycles. The summed E-state index contributed by atoms with van der Waals surface area (Å²) in [5, 5.41) is 4.63. The summed E-state index contributed by atoms with van der Waals surface area (Å²) in [5.74, 6) is 1.44. The molecule has 134 valence electrons. The number of nitrogens with zero attached hydrogens (tertiary/aromatic N) is 1. The second kappa shape index (κ2) is 7.52. The molecule has 2 heterocycles. The number of aryl methyl sites for hydroxylation is 1. The van der Waals surface area contributed by atoms with Crippen molar-refractivity contribution in [2.24, 2.45) is 10.7 Å². The van der Waals surface area contributed by atoms with Gasteiger partial charge in [0.05, 0.1) is 12.6 Å². The molecule has 0 aliphatic carbocycles. The molecule has 1 aliphatic rings. The monoisotopic (exact) mass is 348 g/mol. The summed E-state index contributed by atoms with van der Waals surface area (Å²) >= 11 is 0. The summed E-state index contributed by atoms with van der Waals surface area (Å²) < 4.78 is 5.69. The van der Waals surface area contributed by atoms with Crippen molar-refractivity contribution < 1.29 is 4.74 Å². The second-order valence-electron chi connectivity index (χ2n) is 6.60. The van der Waals surface area contributed by atoms with E-state index < -0.39 is 0 Å². The minimum atomic E-state index is 0.164. The van der Waals surface area contributed by atoms with Crippen LogP contribution >= 0.6 is 0 Å². The van der Waals surface area contributed by atoms with E-state index in [2.05, 4.69) is 45.8 Å². The molecule has 4 rings (SSSR count). The van der Waals surface area contributed by atoms with E-state index in [4.69, 9.17) is 10.5 Å². The zero-order valence-corrected chi connectivity index (χ0v) is 14.7. The molecule has 0 spiro atoms. The zero-order chi connectivity index (χ0) is 17.8. The minimum Gasteiger partial charge on any atom is -0.493 e. The summed E-state index contributed by atoms with van der Waals surface area (Å²) in [4.78, 5) is 7.82. The Labute approximate surface area is 153 Å². The van der Waals surface area contributed by atoms with Crippen molar-refractivity contribution >= 4 is 16.9 Å². The Morgan fingerprint density at radius 3 is 3.00 bits per heavy atom. The Morgan fingerprint density at radius 2 is 2.04 bits per heavy atom. The van der Waals surface area contributed by atoms with E-state index in [0.29, 0.717) is 19.1 Å². The molecular weight excluding hydrogens is 324 g/mol. The normalized spacial score (nSPS) is 16.9. The predicted molar refractivity (Wildman–Crippen MR) is 106 cm³/mol. The molecule has 1 atom stereocenters. The average molecular weight is 348 g/mol. The average Bonchev–Trinajstić information content (AvgIpc) is 3.09. The van der Waals surface area contributed by atoms with E-state index >= 15 is 0 Å². The highest BCUT2D eigenvalue weighted by molar-refractivity contribution is 5.83. The molecule has 1 aliphatic heterocycles. The number of hydrogen-bond acceptors (Lipinski definition) is 2. The molecule has 2 aromatic carbocycles. The van der Waals surface area contributed by atoms with Crippen molar-refractivity contribution in [1.29, 1.82) is 0 Å². The molecule has 4 N–H and O–H groups in total. The number of aromatic amines is 1. The van der Waals surface area contributed by atoms with Crippen molar-refractivity contribution in [3.05, 3.63) is 65.9 Å². The van der Waals surface area contributed by atoms with Gasteiger partial charge in [0.15, 0.2) is 5.96 Å². The third kappa shape index (κ3) is 3.52. The van der Waals surface area contributed by atoms with Crippen LogP contribution in [0.2, 0.25) is 0 Å². The van der Waals surface area contributed by atoms with Crippen LogP contribution in [0.3, 0.4) is 0 Å². The lowest BCUT2D eigenvalue weighted by Crippen LogP contribution is -2.37. The molecule has 26 heavy (non-hydrogen) atoms. The fourth-order valence-electron chi connectivity index (χ4n) is 3.52. The molecule has 0 amide bonds. The van der Waals surface area contributed by atoms with Crippen molar-refractivity contribution in [1.82, 2.24) is 10.3 Å². The van der Waals surface area contributed by atoms with Gasteiger partial charge in [-0.25, -0.2) is 0 Å². The van der Waals surface area contributed by atoms with Crippen LogP contribution < -0.4 is 15.8 Å². The molecule has 0 radical (unpaired) electrons. The van der Waals surface area contributed by atoms with E-state index in [1.165, 1.54) is 16.5 Å². The Kier molecular flexibility index (Phi) is 4.78. The van der Waals surface area contributed by atoms with Gasteiger partial charge in [-0.2, -0.15) is 0 Å². The number of fused-ring (bicyclic) bond motifs is 2. The molecule has 0 bridgehead atoms. The second-order valence-corrected chi connectivity index (χ2v) is 6.60. The fraction of sp³-hybridized carbons (Fsp3) is 0.286. The lowest BCUT2D eigenvalue weighted by molar-refractivity contribution is 0.262. The molecule has 5 nitrogen and oxygen atoms in total. The smallest absolute Gasteiger partial charge is 0.189 e. The summed E-state index contributed by atoms with van der Waals surface area (Å²) in [7, 11) is 0. The number of aliphatic imine (C=N–C) groups is 1. The number of H-pyrrole nitrogens is 1. The molecule has 0 saturated heterocycles. The quantitative estimate of drug-likeness (QED) is 0.375. The number of guanidine groups is 1. The number of hydrogen-bond donors (Lipinski definition) is 3. The van der Waals surface area contributed by atoms with Crippen molar-refractivity contribution in [2.75, 3.05) is 13.2 Å². The lowest BCUT2D eigenvalue weighted by Gasteiger charge is -2.26. The van der Waals surface area contributed by atoms with Crippen LogP contribution in [0.5, 0.6) is 5.75 Å². The topological polar surface area (TPSA) is 75.4 Å². The van der Waals surface area contributed by atoms with E-state index in [-0.39, 0.29) is 6.04 Å². The van der Waals surface area contributed by atoms with Crippen LogP contribution in [0, 0.1) is 0 Å². The van der Waals surface area contributed by atoms with Gasteiger partial charge in [0, 0.05) is 35.6 Å².